The highest BCUT2D eigenvalue weighted by Gasteiger charge is 2.69. The van der Waals surface area contributed by atoms with Crippen molar-refractivity contribution < 1.29 is 33.9 Å². The van der Waals surface area contributed by atoms with E-state index in [1.165, 1.54) is 12.1 Å². The molecular weight excluding hydrogens is 376 g/mol. The van der Waals surface area contributed by atoms with E-state index in [1.807, 2.05) is 6.92 Å². The zero-order valence-corrected chi connectivity index (χ0v) is 17.0. The number of benzene rings is 1. The normalized spacial score (nSPS) is 45.9. The maximum Gasteiger partial charge on any atom is 0.335 e. The Morgan fingerprint density at radius 1 is 1.10 bits per heavy atom. The molecule has 8 atom stereocenters. The van der Waals surface area contributed by atoms with E-state index in [4.69, 9.17) is 29.1 Å². The van der Waals surface area contributed by atoms with Crippen LogP contribution in [0.5, 0.6) is 5.75 Å². The van der Waals surface area contributed by atoms with Crippen LogP contribution in [0.15, 0.2) is 24.3 Å². The summed E-state index contributed by atoms with van der Waals surface area (Å²) in [7, 11) is 0. The molecule has 1 aromatic carbocycles. The number of fused-ring (bicyclic) bond motifs is 2. The molecule has 2 bridgehead atoms. The van der Waals surface area contributed by atoms with E-state index >= 15 is 0 Å². The lowest BCUT2D eigenvalue weighted by atomic mass is 9.58. The summed E-state index contributed by atoms with van der Waals surface area (Å²) in [6.45, 7) is 6.31. The smallest absolute Gasteiger partial charge is 0.335 e. The van der Waals surface area contributed by atoms with Crippen LogP contribution in [0.4, 0.5) is 0 Å². The molecule has 1 saturated carbocycles. The molecule has 0 radical (unpaired) electrons. The predicted octanol–water partition coefficient (Wildman–Crippen LogP) is 3.97. The Labute approximate surface area is 170 Å². The lowest BCUT2D eigenvalue weighted by Gasteiger charge is -2.60. The third-order valence-electron chi connectivity index (χ3n) is 7.45. The van der Waals surface area contributed by atoms with Gasteiger partial charge >= 0.3 is 5.97 Å². The Kier molecular flexibility index (Phi) is 4.44. The Hall–Kier alpha value is -1.67. The summed E-state index contributed by atoms with van der Waals surface area (Å²) in [5.74, 6) is -0.121. The van der Waals surface area contributed by atoms with Gasteiger partial charge in [-0.2, -0.15) is 0 Å². The molecule has 0 amide bonds. The summed E-state index contributed by atoms with van der Waals surface area (Å²) in [6.07, 6.45) is 2.83. The van der Waals surface area contributed by atoms with E-state index in [-0.39, 0.29) is 17.4 Å². The molecule has 3 unspecified atom stereocenters. The highest BCUT2D eigenvalue weighted by atomic mass is 17.3. The van der Waals surface area contributed by atoms with Crippen LogP contribution in [0.2, 0.25) is 0 Å². The van der Waals surface area contributed by atoms with Crippen LogP contribution in [0.1, 0.15) is 56.8 Å². The van der Waals surface area contributed by atoms with E-state index < -0.39 is 29.9 Å². The quantitative estimate of drug-likeness (QED) is 0.763. The third-order valence-corrected chi connectivity index (χ3v) is 7.45. The number of carboxylic acid groups (broad SMARTS) is 1. The van der Waals surface area contributed by atoms with E-state index in [2.05, 4.69) is 13.8 Å². The second-order valence-corrected chi connectivity index (χ2v) is 9.22. The van der Waals surface area contributed by atoms with Gasteiger partial charge in [-0.25, -0.2) is 14.6 Å². The number of carbonyl (C=O) groups is 1. The predicted molar refractivity (Wildman–Crippen MR) is 101 cm³/mol. The van der Waals surface area contributed by atoms with Crippen LogP contribution in [0.25, 0.3) is 0 Å². The summed E-state index contributed by atoms with van der Waals surface area (Å²) in [5, 5.41) is 9.09. The molecular formula is C22H28O7. The molecule has 158 valence electrons. The molecule has 1 aromatic rings. The Morgan fingerprint density at radius 2 is 1.86 bits per heavy atom. The first-order valence-corrected chi connectivity index (χ1v) is 10.5. The maximum atomic E-state index is 11.1. The molecule has 1 spiro atoms. The first-order valence-electron chi connectivity index (χ1n) is 10.5. The summed E-state index contributed by atoms with van der Waals surface area (Å²) in [5.41, 5.74) is -0.388. The molecule has 0 aromatic heterocycles. The van der Waals surface area contributed by atoms with E-state index in [0.717, 1.165) is 25.7 Å². The minimum atomic E-state index is -0.962. The molecule has 29 heavy (non-hydrogen) atoms. The van der Waals surface area contributed by atoms with Crippen LogP contribution < -0.4 is 4.74 Å². The highest BCUT2D eigenvalue weighted by molar-refractivity contribution is 5.87. The molecule has 1 aliphatic carbocycles. The van der Waals surface area contributed by atoms with Crippen LogP contribution in [0, 0.1) is 23.7 Å². The van der Waals surface area contributed by atoms with Gasteiger partial charge in [-0.15, -0.1) is 0 Å². The summed E-state index contributed by atoms with van der Waals surface area (Å²) >= 11 is 0. The monoisotopic (exact) mass is 404 g/mol. The number of rotatable bonds is 3. The van der Waals surface area contributed by atoms with Crippen molar-refractivity contribution >= 4 is 5.97 Å². The van der Waals surface area contributed by atoms with Crippen LogP contribution in [0.3, 0.4) is 0 Å². The molecule has 7 heteroatoms. The first kappa shape index (κ1) is 19.3. The molecule has 1 N–H and O–H groups in total. The molecule has 4 aliphatic heterocycles. The second kappa shape index (κ2) is 6.67. The van der Waals surface area contributed by atoms with Gasteiger partial charge in [-0.3, -0.25) is 0 Å². The SMILES string of the molecule is C[C@@H]1CCC2[C@@H](C)[C@@H](Oc3ccc(C(=O)O)cc3)OC3O[C@@]4(C)CCC1[C@]32OO4. The standard InChI is InChI=1S/C22H28O7/c1-12-4-9-17-13(2)19(25-15-7-5-14(6-8-15)18(23)24)26-20-22(17)16(12)10-11-21(3,27-20)28-29-22/h5-8,12-13,16-17,19-20H,4,9-11H2,1-3H3,(H,23,24)/t12-,13-,16?,17?,19+,20?,21-,22-/m1/s1. The van der Waals surface area contributed by atoms with Crippen molar-refractivity contribution in [1.82, 2.24) is 0 Å². The van der Waals surface area contributed by atoms with E-state index in [1.54, 1.807) is 12.1 Å². The molecule has 6 rings (SSSR count). The van der Waals surface area contributed by atoms with Gasteiger partial charge in [0, 0.05) is 18.3 Å². The maximum absolute atomic E-state index is 11.1. The van der Waals surface area contributed by atoms with Crippen LogP contribution in [-0.2, 0) is 19.2 Å². The Balaban J connectivity index is 1.44. The fraction of sp³-hybridized carbons (Fsp3) is 0.682. The third kappa shape index (κ3) is 2.90. The molecule has 5 aliphatic rings. The lowest BCUT2D eigenvalue weighted by Crippen LogP contribution is -2.70. The molecule has 7 nitrogen and oxygen atoms in total. The number of hydrogen-bond donors (Lipinski definition) is 1. The Morgan fingerprint density at radius 3 is 2.59 bits per heavy atom. The zero-order valence-electron chi connectivity index (χ0n) is 17.0. The topological polar surface area (TPSA) is 83.5 Å². The van der Waals surface area contributed by atoms with Gasteiger partial charge in [-0.1, -0.05) is 13.8 Å². The van der Waals surface area contributed by atoms with Gasteiger partial charge in [0.15, 0.2) is 11.9 Å². The van der Waals surface area contributed by atoms with Crippen molar-refractivity contribution in [1.29, 1.82) is 0 Å². The lowest BCUT2D eigenvalue weighted by molar-refractivity contribution is -0.575. The number of carboxylic acids is 1. The van der Waals surface area contributed by atoms with Crippen molar-refractivity contribution in [2.24, 2.45) is 23.7 Å². The largest absolute Gasteiger partial charge is 0.478 e. The van der Waals surface area contributed by atoms with Crippen molar-refractivity contribution in [2.75, 3.05) is 0 Å². The minimum absolute atomic E-state index is 0.0649. The zero-order chi connectivity index (χ0) is 20.4. The van der Waals surface area contributed by atoms with E-state index in [9.17, 15) is 4.79 Å². The average molecular weight is 404 g/mol. The van der Waals surface area contributed by atoms with Gasteiger partial charge in [0.05, 0.1) is 5.56 Å². The fourth-order valence-electron chi connectivity index (χ4n) is 5.82. The second-order valence-electron chi connectivity index (χ2n) is 9.22. The summed E-state index contributed by atoms with van der Waals surface area (Å²) < 4.78 is 18.8. The molecule has 5 fully saturated rings. The number of ether oxygens (including phenoxy) is 3. The summed E-state index contributed by atoms with van der Waals surface area (Å²) in [6, 6.07) is 6.40. The number of hydrogen-bond acceptors (Lipinski definition) is 6. The van der Waals surface area contributed by atoms with Gasteiger partial charge in [0.25, 0.3) is 0 Å². The van der Waals surface area contributed by atoms with Crippen molar-refractivity contribution in [3.63, 3.8) is 0 Å². The average Bonchev–Trinajstić information content (AvgIpc) is 2.92. The molecule has 4 heterocycles. The van der Waals surface area contributed by atoms with Gasteiger partial charge < -0.3 is 19.3 Å². The van der Waals surface area contributed by atoms with Crippen molar-refractivity contribution in [2.45, 2.75) is 70.4 Å². The van der Waals surface area contributed by atoms with Crippen LogP contribution in [-0.4, -0.2) is 35.0 Å². The van der Waals surface area contributed by atoms with Gasteiger partial charge in [-0.05, 0) is 62.3 Å². The van der Waals surface area contributed by atoms with Gasteiger partial charge in [0.2, 0.25) is 12.1 Å². The first-order chi connectivity index (χ1) is 13.8. The van der Waals surface area contributed by atoms with Gasteiger partial charge in [0.1, 0.15) is 5.75 Å². The van der Waals surface area contributed by atoms with Crippen molar-refractivity contribution in [3.05, 3.63) is 29.8 Å². The van der Waals surface area contributed by atoms with Crippen molar-refractivity contribution in [3.8, 4) is 5.75 Å². The summed E-state index contributed by atoms with van der Waals surface area (Å²) in [4.78, 5) is 23.0. The highest BCUT2D eigenvalue weighted by Crippen LogP contribution is 2.60. The molecule has 4 saturated heterocycles. The van der Waals surface area contributed by atoms with Crippen LogP contribution >= 0.6 is 0 Å². The number of aromatic carboxylic acids is 1. The minimum Gasteiger partial charge on any atom is -0.478 e. The Bertz CT molecular complexity index is 795. The fourth-order valence-corrected chi connectivity index (χ4v) is 5.82. The van der Waals surface area contributed by atoms with E-state index in [0.29, 0.717) is 17.6 Å².